The number of hydrogen-bond donors (Lipinski definition) is 2. The van der Waals surface area contributed by atoms with E-state index in [0.717, 1.165) is 34.2 Å². The minimum Gasteiger partial charge on any atom is -0.374 e. The molecule has 100 valence electrons. The van der Waals surface area contributed by atoms with Crippen LogP contribution in [0.4, 0.5) is 16.1 Å². The molecule has 1 fully saturated rings. The minimum atomic E-state index is 0.341. The van der Waals surface area contributed by atoms with Crippen LogP contribution in [0.3, 0.4) is 0 Å². The first-order valence-electron chi connectivity index (χ1n) is 5.80. The van der Waals surface area contributed by atoms with Crippen molar-refractivity contribution in [3.05, 3.63) is 15.8 Å². The Morgan fingerprint density at radius 1 is 1.32 bits per heavy atom. The van der Waals surface area contributed by atoms with E-state index in [2.05, 4.69) is 53.2 Å². The molecule has 1 aliphatic heterocycles. The monoisotopic (exact) mass is 389 g/mol. The van der Waals surface area contributed by atoms with E-state index in [4.69, 9.17) is 5.73 Å². The van der Waals surface area contributed by atoms with Crippen molar-refractivity contribution in [2.45, 2.75) is 12.5 Å². The fourth-order valence-corrected chi connectivity index (χ4v) is 2.91. The molecule has 19 heavy (non-hydrogen) atoms. The first-order valence-corrected chi connectivity index (χ1v) is 7.70. The summed E-state index contributed by atoms with van der Waals surface area (Å²) >= 11 is 3.52. The molecule has 0 radical (unpaired) electrons. The molecule has 3 rings (SSSR count). The molecule has 0 aromatic carbocycles. The largest absolute Gasteiger partial charge is 0.374 e. The molecule has 1 saturated heterocycles. The Bertz CT molecular complexity index is 557. The minimum absolute atomic E-state index is 0.341. The summed E-state index contributed by atoms with van der Waals surface area (Å²) in [7, 11) is 0. The maximum atomic E-state index is 5.56. The SMILES string of the molecule is Nc1nnc(N[C@@H]2CCN(c3ccc(I)nn3)C2)s1. The van der Waals surface area contributed by atoms with Crippen LogP contribution >= 0.6 is 33.9 Å². The van der Waals surface area contributed by atoms with E-state index in [1.807, 2.05) is 12.1 Å². The summed E-state index contributed by atoms with van der Waals surface area (Å²) in [4.78, 5) is 2.21. The van der Waals surface area contributed by atoms with Crippen molar-refractivity contribution in [3.8, 4) is 0 Å². The lowest BCUT2D eigenvalue weighted by atomic mass is 10.3. The van der Waals surface area contributed by atoms with Gasteiger partial charge in [-0.15, -0.1) is 20.4 Å². The van der Waals surface area contributed by atoms with Gasteiger partial charge >= 0.3 is 0 Å². The van der Waals surface area contributed by atoms with Gasteiger partial charge in [0.1, 0.15) is 3.70 Å². The molecular formula is C10H12IN7S. The quantitative estimate of drug-likeness (QED) is 0.763. The zero-order valence-electron chi connectivity index (χ0n) is 9.95. The predicted octanol–water partition coefficient (Wildman–Crippen LogP) is 1.21. The lowest BCUT2D eigenvalue weighted by molar-refractivity contribution is 0.799. The lowest BCUT2D eigenvalue weighted by Crippen LogP contribution is -2.26. The standard InChI is InChI=1S/C10H12IN7S/c11-7-1-2-8(15-14-7)18-4-3-6(5-18)13-10-17-16-9(12)19-10/h1-2,6H,3-5H2,(H2,12,16)(H,13,17)/t6-/m1/s1. The Kier molecular flexibility index (Phi) is 3.64. The molecule has 2 aromatic rings. The van der Waals surface area contributed by atoms with E-state index in [1.165, 1.54) is 11.3 Å². The molecule has 0 spiro atoms. The van der Waals surface area contributed by atoms with E-state index in [0.29, 0.717) is 11.2 Å². The second-order valence-corrected chi connectivity index (χ2v) is 6.35. The summed E-state index contributed by atoms with van der Waals surface area (Å²) in [5, 5.41) is 20.7. The van der Waals surface area contributed by atoms with Gasteiger partial charge in [0.2, 0.25) is 10.3 Å². The third-order valence-electron chi connectivity index (χ3n) is 2.90. The van der Waals surface area contributed by atoms with Gasteiger partial charge in [-0.25, -0.2) is 0 Å². The van der Waals surface area contributed by atoms with Gasteiger partial charge in [-0.3, -0.25) is 0 Å². The molecular weight excluding hydrogens is 377 g/mol. The third-order valence-corrected chi connectivity index (χ3v) is 4.16. The normalized spacial score (nSPS) is 18.8. The first-order chi connectivity index (χ1) is 9.20. The number of nitrogens with two attached hydrogens (primary N) is 1. The molecule has 0 aliphatic carbocycles. The van der Waals surface area contributed by atoms with Gasteiger partial charge in [-0.2, -0.15) is 0 Å². The van der Waals surface area contributed by atoms with Gasteiger partial charge in [0, 0.05) is 19.1 Å². The van der Waals surface area contributed by atoms with E-state index in [9.17, 15) is 0 Å². The highest BCUT2D eigenvalue weighted by atomic mass is 127. The van der Waals surface area contributed by atoms with Crippen molar-refractivity contribution in [2.24, 2.45) is 0 Å². The Morgan fingerprint density at radius 3 is 2.89 bits per heavy atom. The molecule has 3 heterocycles. The Hall–Kier alpha value is -1.23. The predicted molar refractivity (Wildman–Crippen MR) is 83.3 cm³/mol. The van der Waals surface area contributed by atoms with Crippen molar-refractivity contribution in [1.29, 1.82) is 0 Å². The number of aromatic nitrogens is 4. The van der Waals surface area contributed by atoms with Gasteiger partial charge < -0.3 is 16.0 Å². The number of halogens is 1. The van der Waals surface area contributed by atoms with Crippen LogP contribution in [0.2, 0.25) is 0 Å². The highest BCUT2D eigenvalue weighted by Gasteiger charge is 2.24. The summed E-state index contributed by atoms with van der Waals surface area (Å²) in [5.41, 5.74) is 5.56. The maximum Gasteiger partial charge on any atom is 0.207 e. The molecule has 9 heteroatoms. The van der Waals surface area contributed by atoms with Crippen LogP contribution in [0, 0.1) is 3.70 Å². The highest BCUT2D eigenvalue weighted by molar-refractivity contribution is 14.1. The number of rotatable bonds is 3. The van der Waals surface area contributed by atoms with Crippen LogP contribution in [-0.2, 0) is 0 Å². The number of anilines is 3. The van der Waals surface area contributed by atoms with Gasteiger partial charge in [0.15, 0.2) is 5.82 Å². The van der Waals surface area contributed by atoms with Gasteiger partial charge in [-0.05, 0) is 41.1 Å². The molecule has 1 atom stereocenters. The van der Waals surface area contributed by atoms with Gasteiger partial charge in [-0.1, -0.05) is 11.3 Å². The molecule has 0 saturated carbocycles. The summed E-state index contributed by atoms with van der Waals surface area (Å²) in [6.07, 6.45) is 1.03. The molecule has 3 N–H and O–H groups in total. The lowest BCUT2D eigenvalue weighted by Gasteiger charge is -2.16. The second kappa shape index (κ2) is 5.41. The topological polar surface area (TPSA) is 92.8 Å². The van der Waals surface area contributed by atoms with Crippen molar-refractivity contribution in [2.75, 3.05) is 29.0 Å². The zero-order valence-corrected chi connectivity index (χ0v) is 12.9. The average Bonchev–Trinajstić information content (AvgIpc) is 3.00. The fourth-order valence-electron chi connectivity index (χ4n) is 2.03. The van der Waals surface area contributed by atoms with Crippen molar-refractivity contribution in [1.82, 2.24) is 20.4 Å². The maximum absolute atomic E-state index is 5.56. The summed E-state index contributed by atoms with van der Waals surface area (Å²) in [6, 6.07) is 4.31. The zero-order chi connectivity index (χ0) is 13.2. The average molecular weight is 389 g/mol. The van der Waals surface area contributed by atoms with E-state index in [1.54, 1.807) is 0 Å². The van der Waals surface area contributed by atoms with Crippen LogP contribution in [0.1, 0.15) is 6.42 Å². The number of nitrogens with zero attached hydrogens (tertiary/aromatic N) is 5. The Morgan fingerprint density at radius 2 is 2.21 bits per heavy atom. The summed E-state index contributed by atoms with van der Waals surface area (Å²) < 4.78 is 0.902. The molecule has 0 unspecified atom stereocenters. The Labute approximate surface area is 127 Å². The highest BCUT2D eigenvalue weighted by Crippen LogP contribution is 2.23. The van der Waals surface area contributed by atoms with Gasteiger partial charge in [0.25, 0.3) is 0 Å². The second-order valence-electron chi connectivity index (χ2n) is 4.24. The molecule has 1 aliphatic rings. The molecule has 7 nitrogen and oxygen atoms in total. The number of hydrogen-bond acceptors (Lipinski definition) is 8. The van der Waals surface area contributed by atoms with Crippen molar-refractivity contribution in [3.63, 3.8) is 0 Å². The van der Waals surface area contributed by atoms with E-state index in [-0.39, 0.29) is 0 Å². The molecule has 2 aromatic heterocycles. The van der Waals surface area contributed by atoms with Crippen LogP contribution in [-0.4, -0.2) is 39.5 Å². The third kappa shape index (κ3) is 3.03. The number of nitrogens with one attached hydrogen (secondary N) is 1. The van der Waals surface area contributed by atoms with Crippen LogP contribution < -0.4 is 16.0 Å². The molecule has 0 bridgehead atoms. The van der Waals surface area contributed by atoms with Crippen molar-refractivity contribution >= 4 is 50.0 Å². The summed E-state index contributed by atoms with van der Waals surface area (Å²) in [5.74, 6) is 0.918. The fraction of sp³-hybridized carbons (Fsp3) is 0.400. The first kappa shape index (κ1) is 12.8. The summed E-state index contributed by atoms with van der Waals surface area (Å²) in [6.45, 7) is 1.84. The Balaban J connectivity index is 1.62. The van der Waals surface area contributed by atoms with Crippen molar-refractivity contribution < 1.29 is 0 Å². The molecule has 0 amide bonds. The number of nitrogen functional groups attached to an aromatic ring is 1. The van der Waals surface area contributed by atoms with Crippen LogP contribution in [0.5, 0.6) is 0 Å². The smallest absolute Gasteiger partial charge is 0.207 e. The van der Waals surface area contributed by atoms with Crippen LogP contribution in [0.25, 0.3) is 0 Å². The van der Waals surface area contributed by atoms with Gasteiger partial charge in [0.05, 0.1) is 0 Å². The van der Waals surface area contributed by atoms with E-state index < -0.39 is 0 Å². The van der Waals surface area contributed by atoms with Crippen LogP contribution in [0.15, 0.2) is 12.1 Å². The van der Waals surface area contributed by atoms with E-state index >= 15 is 0 Å².